The Hall–Kier alpha value is -2.68. The molecular weight excluding hydrogens is 370 g/mol. The Balaban J connectivity index is 1.23. The van der Waals surface area contributed by atoms with Gasteiger partial charge >= 0.3 is 0 Å². The predicted molar refractivity (Wildman–Crippen MR) is 108 cm³/mol. The summed E-state index contributed by atoms with van der Waals surface area (Å²) in [6, 6.07) is 6.39. The third-order valence-corrected chi connectivity index (χ3v) is 5.76. The lowest BCUT2D eigenvalue weighted by atomic mass is 9.94. The molecule has 0 atom stereocenters. The van der Waals surface area contributed by atoms with Crippen molar-refractivity contribution in [2.45, 2.75) is 51.8 Å². The largest absolute Gasteiger partial charge is 0.487 e. The van der Waals surface area contributed by atoms with Gasteiger partial charge in [0.05, 0.1) is 0 Å². The van der Waals surface area contributed by atoms with Gasteiger partial charge in [-0.1, -0.05) is 17.2 Å². The summed E-state index contributed by atoms with van der Waals surface area (Å²) in [6.45, 7) is 8.05. The summed E-state index contributed by atoms with van der Waals surface area (Å²) < 4.78 is 7.35. The first-order valence-corrected chi connectivity index (χ1v) is 10.2. The Morgan fingerprint density at radius 2 is 2.14 bits per heavy atom. The van der Waals surface area contributed by atoms with Gasteiger partial charge in [0, 0.05) is 25.1 Å². The molecule has 0 aliphatic carbocycles. The average Bonchev–Trinajstić information content (AvgIpc) is 3.23. The fraction of sp³-hybridized carbons (Fsp3) is 0.600. The number of ether oxygens (including phenoxy) is 1. The number of fused-ring (bicyclic) bond motifs is 1. The van der Waals surface area contributed by atoms with Gasteiger partial charge in [-0.25, -0.2) is 4.68 Å². The number of carbonyl (C=O) groups excluding carboxylic acids is 1. The summed E-state index contributed by atoms with van der Waals surface area (Å²) in [4.78, 5) is 14.6. The van der Waals surface area contributed by atoms with Crippen molar-refractivity contribution in [2.24, 2.45) is 5.92 Å². The van der Waals surface area contributed by atoms with Gasteiger partial charge < -0.3 is 15.8 Å². The molecule has 0 unspecified atom stereocenters. The predicted octanol–water partition coefficient (Wildman–Crippen LogP) is 0.997. The molecule has 1 amide bonds. The van der Waals surface area contributed by atoms with E-state index in [1.165, 1.54) is 15.8 Å². The molecule has 1 aromatic carbocycles. The lowest BCUT2D eigenvalue weighted by molar-refractivity contribution is -0.122. The molecule has 29 heavy (non-hydrogen) atoms. The highest BCUT2D eigenvalue weighted by Crippen LogP contribution is 2.37. The smallest absolute Gasteiger partial charge is 0.241 e. The highest BCUT2D eigenvalue weighted by atomic mass is 16.5. The summed E-state index contributed by atoms with van der Waals surface area (Å²) in [7, 11) is 0. The maximum absolute atomic E-state index is 12.1. The lowest BCUT2D eigenvalue weighted by Gasteiger charge is -2.32. The number of nitrogens with zero attached hydrogens (tertiary/aromatic N) is 5. The van der Waals surface area contributed by atoms with Crippen LogP contribution in [-0.2, 0) is 24.3 Å². The molecule has 0 spiro atoms. The molecule has 1 aromatic heterocycles. The third-order valence-electron chi connectivity index (χ3n) is 5.76. The second-order valence-corrected chi connectivity index (χ2v) is 8.65. The number of benzene rings is 1. The lowest BCUT2D eigenvalue weighted by Crippen LogP contribution is -2.39. The fourth-order valence-electron chi connectivity index (χ4n) is 4.18. The summed E-state index contributed by atoms with van der Waals surface area (Å²) >= 11 is 0. The van der Waals surface area contributed by atoms with Crippen molar-refractivity contribution in [3.8, 4) is 5.75 Å². The molecule has 9 nitrogen and oxygen atoms in total. The normalized spacial score (nSPS) is 19.0. The van der Waals surface area contributed by atoms with E-state index in [1.807, 2.05) is 0 Å². The number of nitrogen functional groups attached to an aromatic ring is 1. The van der Waals surface area contributed by atoms with Crippen molar-refractivity contribution in [1.29, 1.82) is 0 Å². The first kappa shape index (κ1) is 19.6. The number of amides is 1. The molecule has 156 valence electrons. The van der Waals surface area contributed by atoms with Gasteiger partial charge in [-0.2, -0.15) is 0 Å². The molecule has 4 rings (SSSR count). The average molecular weight is 399 g/mol. The van der Waals surface area contributed by atoms with E-state index in [4.69, 9.17) is 10.5 Å². The molecule has 2 aromatic rings. The molecule has 3 N–H and O–H groups in total. The van der Waals surface area contributed by atoms with Crippen molar-refractivity contribution >= 4 is 11.9 Å². The minimum absolute atomic E-state index is 0.0508. The number of likely N-dealkylation sites (tertiary alicyclic amines) is 1. The molecule has 0 saturated carbocycles. The Bertz CT molecular complexity index is 871. The topological polar surface area (TPSA) is 111 Å². The van der Waals surface area contributed by atoms with E-state index in [2.05, 4.69) is 57.8 Å². The molecule has 0 radical (unpaired) electrons. The molecule has 2 aliphatic heterocycles. The monoisotopic (exact) mass is 399 g/mol. The Morgan fingerprint density at radius 3 is 2.86 bits per heavy atom. The van der Waals surface area contributed by atoms with E-state index in [-0.39, 0.29) is 24.0 Å². The van der Waals surface area contributed by atoms with Crippen molar-refractivity contribution in [1.82, 2.24) is 30.4 Å². The van der Waals surface area contributed by atoms with Crippen molar-refractivity contribution in [3.63, 3.8) is 0 Å². The number of aromatic nitrogens is 4. The van der Waals surface area contributed by atoms with Crippen LogP contribution < -0.4 is 15.8 Å². The van der Waals surface area contributed by atoms with Crippen LogP contribution in [0, 0.1) is 5.92 Å². The zero-order chi connectivity index (χ0) is 20.4. The number of carbonyl (C=O) groups is 1. The van der Waals surface area contributed by atoms with Crippen molar-refractivity contribution in [3.05, 3.63) is 29.3 Å². The van der Waals surface area contributed by atoms with Crippen molar-refractivity contribution < 1.29 is 9.53 Å². The zero-order valence-electron chi connectivity index (χ0n) is 17.1. The molecule has 3 heterocycles. The van der Waals surface area contributed by atoms with Crippen LogP contribution in [0.15, 0.2) is 18.2 Å². The molecule has 1 fully saturated rings. The van der Waals surface area contributed by atoms with Crippen LogP contribution >= 0.6 is 0 Å². The van der Waals surface area contributed by atoms with E-state index in [9.17, 15) is 4.79 Å². The van der Waals surface area contributed by atoms with E-state index >= 15 is 0 Å². The second-order valence-electron chi connectivity index (χ2n) is 8.65. The number of nitrogens with one attached hydrogen (secondary N) is 1. The van der Waals surface area contributed by atoms with E-state index in [0.29, 0.717) is 12.5 Å². The Labute approximate surface area is 170 Å². The van der Waals surface area contributed by atoms with Gasteiger partial charge in [0.25, 0.3) is 0 Å². The first-order chi connectivity index (χ1) is 13.9. The molecular formula is C20H29N7O2. The van der Waals surface area contributed by atoms with Gasteiger partial charge in [-0.3, -0.25) is 9.69 Å². The zero-order valence-corrected chi connectivity index (χ0v) is 17.1. The number of hydrogen-bond acceptors (Lipinski definition) is 7. The van der Waals surface area contributed by atoms with Gasteiger partial charge in [-0.15, -0.1) is 0 Å². The van der Waals surface area contributed by atoms with Crippen LogP contribution in [0.4, 0.5) is 5.95 Å². The Morgan fingerprint density at radius 1 is 1.34 bits per heavy atom. The minimum Gasteiger partial charge on any atom is -0.487 e. The van der Waals surface area contributed by atoms with Crippen LogP contribution in [0.5, 0.6) is 5.75 Å². The standard InChI is InChI=1S/C20H29N7O2/c1-20(2)10-16-15(4-3-5-17(16)29-20)12-26-8-6-14(7-9-26)11-22-18(28)13-27-19(21)23-24-25-27/h3-5,14H,6-13H2,1-2H3,(H,22,28)(H2,21,23,25). The van der Waals surface area contributed by atoms with Crippen LogP contribution in [0.25, 0.3) is 0 Å². The number of rotatable bonds is 6. The number of nitrogens with two attached hydrogens (primary N) is 1. The fourth-order valence-corrected chi connectivity index (χ4v) is 4.18. The van der Waals surface area contributed by atoms with Crippen LogP contribution in [-0.4, -0.2) is 56.2 Å². The Kier molecular flexibility index (Phi) is 5.40. The summed E-state index contributed by atoms with van der Waals surface area (Å²) in [5.41, 5.74) is 8.20. The van der Waals surface area contributed by atoms with Crippen molar-refractivity contribution in [2.75, 3.05) is 25.4 Å². The molecule has 2 aliphatic rings. The highest BCUT2D eigenvalue weighted by Gasteiger charge is 2.32. The SMILES string of the molecule is CC1(C)Cc2c(CN3CCC(CNC(=O)Cn4nnnc4N)CC3)cccc2O1. The summed E-state index contributed by atoms with van der Waals surface area (Å²) in [5, 5.41) is 13.7. The summed E-state index contributed by atoms with van der Waals surface area (Å²) in [5.74, 6) is 1.56. The van der Waals surface area contributed by atoms with E-state index < -0.39 is 0 Å². The molecule has 1 saturated heterocycles. The van der Waals surface area contributed by atoms with E-state index in [0.717, 1.165) is 44.6 Å². The quantitative estimate of drug-likeness (QED) is 0.745. The molecule has 0 bridgehead atoms. The third kappa shape index (κ3) is 4.67. The second kappa shape index (κ2) is 7.98. The van der Waals surface area contributed by atoms with Gasteiger partial charge in [-0.05, 0) is 67.8 Å². The number of tetrazole rings is 1. The van der Waals surface area contributed by atoms with Crippen LogP contribution in [0.3, 0.4) is 0 Å². The minimum atomic E-state index is -0.117. The number of piperidine rings is 1. The maximum Gasteiger partial charge on any atom is 0.241 e. The van der Waals surface area contributed by atoms with Crippen LogP contribution in [0.2, 0.25) is 0 Å². The van der Waals surface area contributed by atoms with Crippen LogP contribution in [0.1, 0.15) is 37.8 Å². The highest BCUT2D eigenvalue weighted by molar-refractivity contribution is 5.75. The molecule has 9 heteroatoms. The first-order valence-electron chi connectivity index (χ1n) is 10.2. The number of hydrogen-bond donors (Lipinski definition) is 2. The van der Waals surface area contributed by atoms with Gasteiger partial charge in [0.1, 0.15) is 17.9 Å². The van der Waals surface area contributed by atoms with Gasteiger partial charge in [0.2, 0.25) is 11.9 Å². The maximum atomic E-state index is 12.1. The summed E-state index contributed by atoms with van der Waals surface area (Å²) in [6.07, 6.45) is 3.11. The van der Waals surface area contributed by atoms with E-state index in [1.54, 1.807) is 0 Å². The number of anilines is 1. The van der Waals surface area contributed by atoms with Gasteiger partial charge in [0.15, 0.2) is 0 Å².